The minimum Gasteiger partial charge on any atom is -0.340 e. The fraction of sp³-hybridized carbons (Fsp3) is 0.0455. The van der Waals surface area contributed by atoms with Crippen LogP contribution in [0, 0.1) is 0 Å². The van der Waals surface area contributed by atoms with Gasteiger partial charge in [-0.1, -0.05) is 315 Å². The van der Waals surface area contributed by atoms with Crippen LogP contribution in [0.4, 0.5) is 0 Å². The topological polar surface area (TPSA) is 4.93 Å². The molecule has 0 aliphatic heterocycles. The lowest BCUT2D eigenvalue weighted by molar-refractivity contribution is 0.769. The Hall–Kier alpha value is -11.1. The molecule has 0 radical (unpaired) electrons. The van der Waals surface area contributed by atoms with Crippen LogP contribution in [0.3, 0.4) is 0 Å². The standard InChI is InChI=1S/C88H61N/c1-2-89-85(63-45-39-61(40-46-63)67-51-53-77-75-35-19-21-37-79(75)87(81(77)57-67,71-27-7-3-8-28-71)72-29-9-4-10-30-72)83(69-49-43-59-23-15-17-25-65(59)55-69)84(70-50-44-60-24-16-18-26-66(60)56-70)86(89)64-47-41-62(42-48-64)68-52-54-78-76-36-20-22-38-80(76)88(82(78)58-68,73-31-11-5-12-32-73)74-33-13-6-14-34-74/h3-58H,2H2,1H3. The highest BCUT2D eigenvalue weighted by atomic mass is 15.0. The maximum absolute atomic E-state index is 2.60. The van der Waals surface area contributed by atoms with E-state index in [2.05, 4.69) is 351 Å². The summed E-state index contributed by atoms with van der Waals surface area (Å²) in [7, 11) is 0. The summed E-state index contributed by atoms with van der Waals surface area (Å²) in [6.45, 7) is 3.06. The van der Waals surface area contributed by atoms with E-state index >= 15 is 0 Å². The maximum atomic E-state index is 2.60. The smallest absolute Gasteiger partial charge is 0.0713 e. The molecule has 0 saturated heterocycles. The Morgan fingerprint density at radius 3 is 0.888 bits per heavy atom. The van der Waals surface area contributed by atoms with Crippen molar-refractivity contribution in [2.24, 2.45) is 0 Å². The molecular formula is C88H61N. The molecule has 2 aliphatic rings. The second kappa shape index (κ2) is 21.1. The number of benzene rings is 14. The molecule has 418 valence electrons. The van der Waals surface area contributed by atoms with Gasteiger partial charge < -0.3 is 4.57 Å². The van der Waals surface area contributed by atoms with Gasteiger partial charge in [0.05, 0.1) is 22.2 Å². The predicted octanol–water partition coefficient (Wildman–Crippen LogP) is 22.5. The molecule has 17 rings (SSSR count). The molecule has 0 amide bonds. The monoisotopic (exact) mass is 1130 g/mol. The minimum absolute atomic E-state index is 0.487. The molecular weight excluding hydrogens is 1070 g/mol. The molecule has 1 aromatic heterocycles. The summed E-state index contributed by atoms with van der Waals surface area (Å²) in [5, 5.41) is 4.88. The maximum Gasteiger partial charge on any atom is 0.0713 e. The highest BCUT2D eigenvalue weighted by molar-refractivity contribution is 6.05. The first-order valence-electron chi connectivity index (χ1n) is 31.3. The molecule has 0 bridgehead atoms. The van der Waals surface area contributed by atoms with Crippen LogP contribution in [0.2, 0.25) is 0 Å². The molecule has 0 saturated carbocycles. The van der Waals surface area contributed by atoms with Crippen molar-refractivity contribution in [1.82, 2.24) is 4.57 Å². The second-order valence-electron chi connectivity index (χ2n) is 24.0. The van der Waals surface area contributed by atoms with E-state index in [4.69, 9.17) is 0 Å². The van der Waals surface area contributed by atoms with E-state index < -0.39 is 10.8 Å². The summed E-state index contributed by atoms with van der Waals surface area (Å²) >= 11 is 0. The van der Waals surface area contributed by atoms with Crippen LogP contribution in [0.1, 0.15) is 51.4 Å². The van der Waals surface area contributed by atoms with Crippen molar-refractivity contribution in [2.75, 3.05) is 0 Å². The molecule has 0 spiro atoms. The van der Waals surface area contributed by atoms with Crippen molar-refractivity contribution in [3.8, 4) is 89.3 Å². The minimum atomic E-state index is -0.487. The normalized spacial score (nSPS) is 13.2. The van der Waals surface area contributed by atoms with Crippen molar-refractivity contribution in [1.29, 1.82) is 0 Å². The van der Waals surface area contributed by atoms with Gasteiger partial charge in [0, 0.05) is 17.7 Å². The number of nitrogens with zero attached hydrogens (tertiary/aromatic N) is 1. The zero-order valence-electron chi connectivity index (χ0n) is 49.5. The van der Waals surface area contributed by atoms with Gasteiger partial charge in [-0.15, -0.1) is 0 Å². The van der Waals surface area contributed by atoms with Gasteiger partial charge >= 0.3 is 0 Å². The molecule has 89 heavy (non-hydrogen) atoms. The molecule has 1 heterocycles. The number of hydrogen-bond donors (Lipinski definition) is 0. The molecule has 1 nitrogen and oxygen atoms in total. The van der Waals surface area contributed by atoms with Crippen LogP contribution in [-0.4, -0.2) is 4.57 Å². The van der Waals surface area contributed by atoms with E-state index in [1.807, 2.05) is 0 Å². The van der Waals surface area contributed by atoms with Crippen LogP contribution in [0.5, 0.6) is 0 Å². The molecule has 0 atom stereocenters. The Balaban J connectivity index is 0.847. The number of aromatic nitrogens is 1. The van der Waals surface area contributed by atoms with Crippen molar-refractivity contribution in [2.45, 2.75) is 24.3 Å². The third kappa shape index (κ3) is 8.09. The first kappa shape index (κ1) is 52.2. The molecule has 0 fully saturated rings. The highest BCUT2D eigenvalue weighted by Gasteiger charge is 2.47. The van der Waals surface area contributed by atoms with Gasteiger partial charge in [-0.25, -0.2) is 0 Å². The Labute approximate surface area is 520 Å². The van der Waals surface area contributed by atoms with Crippen LogP contribution in [-0.2, 0) is 17.4 Å². The fourth-order valence-corrected chi connectivity index (χ4v) is 15.7. The third-order valence-electron chi connectivity index (χ3n) is 19.6. The van der Waals surface area contributed by atoms with E-state index in [1.54, 1.807) is 0 Å². The van der Waals surface area contributed by atoms with E-state index in [0.717, 1.165) is 6.54 Å². The van der Waals surface area contributed by atoms with E-state index in [9.17, 15) is 0 Å². The van der Waals surface area contributed by atoms with E-state index in [0.29, 0.717) is 0 Å². The van der Waals surface area contributed by atoms with Crippen molar-refractivity contribution < 1.29 is 0 Å². The third-order valence-corrected chi connectivity index (χ3v) is 19.6. The second-order valence-corrected chi connectivity index (χ2v) is 24.0. The Bertz CT molecular complexity index is 4780. The fourth-order valence-electron chi connectivity index (χ4n) is 15.7. The lowest BCUT2D eigenvalue weighted by Crippen LogP contribution is -2.28. The molecule has 0 N–H and O–H groups in total. The van der Waals surface area contributed by atoms with Crippen molar-refractivity contribution >= 4 is 21.5 Å². The highest BCUT2D eigenvalue weighted by Crippen LogP contribution is 2.59. The summed E-state index contributed by atoms with van der Waals surface area (Å²) in [6.07, 6.45) is 0. The molecule has 2 aliphatic carbocycles. The van der Waals surface area contributed by atoms with Crippen LogP contribution in [0.15, 0.2) is 340 Å². The molecule has 14 aromatic carbocycles. The molecule has 1 heteroatoms. The summed E-state index contributed by atoms with van der Waals surface area (Å²) in [4.78, 5) is 0. The SMILES string of the molecule is CCn1c(-c2ccc(-c3ccc4c(c3)C(c3ccccc3)(c3ccccc3)c3ccccc3-4)cc2)c(-c2ccc3ccccc3c2)c(-c2ccc3ccccc3c2)c1-c1ccc(-c2ccc3c(c2)C(c2ccccc2)(c2ccccc2)c2ccccc2-3)cc1. The van der Waals surface area contributed by atoms with Gasteiger partial charge in [0.1, 0.15) is 0 Å². The van der Waals surface area contributed by atoms with Gasteiger partial charge in [0.25, 0.3) is 0 Å². The first-order chi connectivity index (χ1) is 44.1. The van der Waals surface area contributed by atoms with Gasteiger partial charge in [0.2, 0.25) is 0 Å². The summed E-state index contributed by atoms with van der Waals surface area (Å²) in [6, 6.07) is 127. The zero-order valence-corrected chi connectivity index (χ0v) is 49.5. The summed E-state index contributed by atoms with van der Waals surface area (Å²) in [5.74, 6) is 0. The van der Waals surface area contributed by atoms with E-state index in [1.165, 1.54) is 155 Å². The Morgan fingerprint density at radius 1 is 0.225 bits per heavy atom. The van der Waals surface area contributed by atoms with Crippen LogP contribution < -0.4 is 0 Å². The largest absolute Gasteiger partial charge is 0.340 e. The average Bonchev–Trinajstić information content (AvgIpc) is 1.62. The Morgan fingerprint density at radius 2 is 0.517 bits per heavy atom. The zero-order chi connectivity index (χ0) is 59.0. The lowest BCUT2D eigenvalue weighted by atomic mass is 9.67. The van der Waals surface area contributed by atoms with Gasteiger partial charge in [-0.3, -0.25) is 0 Å². The van der Waals surface area contributed by atoms with Crippen molar-refractivity contribution in [3.05, 3.63) is 384 Å². The number of hydrogen-bond acceptors (Lipinski definition) is 0. The first-order valence-corrected chi connectivity index (χ1v) is 31.3. The van der Waals surface area contributed by atoms with Crippen LogP contribution >= 0.6 is 0 Å². The van der Waals surface area contributed by atoms with Crippen LogP contribution in [0.25, 0.3) is 111 Å². The van der Waals surface area contributed by atoms with Gasteiger partial charge in [-0.2, -0.15) is 0 Å². The Kier molecular flexibility index (Phi) is 12.4. The number of rotatable bonds is 11. The van der Waals surface area contributed by atoms with Gasteiger partial charge in [0.15, 0.2) is 0 Å². The molecule has 0 unspecified atom stereocenters. The summed E-state index contributed by atoms with van der Waals surface area (Å²) < 4.78 is 2.60. The quantitative estimate of drug-likeness (QED) is 0.122. The van der Waals surface area contributed by atoms with E-state index in [-0.39, 0.29) is 0 Å². The summed E-state index contributed by atoms with van der Waals surface area (Å²) in [5.41, 5.74) is 28.8. The average molecular weight is 1130 g/mol. The number of fused-ring (bicyclic) bond motifs is 8. The lowest BCUT2D eigenvalue weighted by Gasteiger charge is -2.34. The molecule has 15 aromatic rings. The van der Waals surface area contributed by atoms with Crippen molar-refractivity contribution in [3.63, 3.8) is 0 Å². The van der Waals surface area contributed by atoms with Gasteiger partial charge in [-0.05, 0) is 164 Å². The predicted molar refractivity (Wildman–Crippen MR) is 372 cm³/mol.